The molecule has 0 fully saturated rings. The van der Waals surface area contributed by atoms with Crippen molar-refractivity contribution in [2.75, 3.05) is 7.11 Å². The van der Waals surface area contributed by atoms with Gasteiger partial charge < -0.3 is 29.6 Å². The van der Waals surface area contributed by atoms with E-state index in [4.69, 9.17) is 4.74 Å². The van der Waals surface area contributed by atoms with E-state index in [0.29, 0.717) is 0 Å². The molecule has 1 aliphatic carbocycles. The van der Waals surface area contributed by atoms with Crippen LogP contribution in [-0.2, 0) is 21.7 Å². The number of hydrogen-bond acceptors (Lipinski definition) is 1. The average molecular weight is 348 g/mol. The van der Waals surface area contributed by atoms with Gasteiger partial charge in [-0.25, -0.2) is 11.3 Å². The molecule has 19 heavy (non-hydrogen) atoms. The monoisotopic (exact) mass is 347 g/mol. The van der Waals surface area contributed by atoms with Crippen LogP contribution >= 0.6 is 0 Å². The van der Waals surface area contributed by atoms with E-state index in [-0.39, 0.29) is 46.5 Å². The van der Waals surface area contributed by atoms with Gasteiger partial charge >= 0.3 is 21.7 Å². The Balaban J connectivity index is 0. The van der Waals surface area contributed by atoms with Gasteiger partial charge in [-0.1, -0.05) is 31.3 Å². The molecule has 0 amide bonds. The third-order valence-electron chi connectivity index (χ3n) is 3.15. The van der Waals surface area contributed by atoms with Crippen LogP contribution < -0.4 is 34.7 Å². The summed E-state index contributed by atoms with van der Waals surface area (Å²) < 4.78 is 5.46. The molecule has 5 heteroatoms. The Labute approximate surface area is 144 Å². The maximum absolute atomic E-state index is 5.46. The van der Waals surface area contributed by atoms with E-state index >= 15 is 0 Å². The summed E-state index contributed by atoms with van der Waals surface area (Å²) >= 11 is 0. The fourth-order valence-corrected chi connectivity index (χ4v) is 4.82. The second-order valence-electron chi connectivity index (χ2n) is 4.52. The third kappa shape index (κ3) is 4.51. The van der Waals surface area contributed by atoms with Crippen molar-refractivity contribution in [1.82, 2.24) is 0 Å². The Hall–Kier alpha value is 0.0112. The van der Waals surface area contributed by atoms with Crippen molar-refractivity contribution in [3.63, 3.8) is 0 Å². The SMILES string of the molecule is COc1ccccc1[Si](C)(C)C1=[C-]CC=C1.[Cl-].[Cl-].[Ti+3]. The van der Waals surface area contributed by atoms with Crippen LogP contribution in [-0.4, -0.2) is 15.2 Å². The van der Waals surface area contributed by atoms with Crippen LogP contribution in [0, 0.1) is 6.08 Å². The quantitative estimate of drug-likeness (QED) is 0.414. The van der Waals surface area contributed by atoms with E-state index in [1.807, 2.05) is 12.1 Å². The zero-order valence-corrected chi connectivity index (χ0v) is 15.4. The second kappa shape index (κ2) is 9.04. The number of para-hydroxylation sites is 1. The first-order valence-corrected chi connectivity index (χ1v) is 8.57. The molecule has 0 aromatic heterocycles. The van der Waals surface area contributed by atoms with Crippen molar-refractivity contribution >= 4 is 13.3 Å². The molecule has 1 radical (unpaired) electrons. The van der Waals surface area contributed by atoms with E-state index in [1.54, 1.807) is 7.11 Å². The Morgan fingerprint density at radius 2 is 1.79 bits per heavy atom. The van der Waals surface area contributed by atoms with Crippen LogP contribution in [0.4, 0.5) is 0 Å². The number of hydrogen-bond donors (Lipinski definition) is 0. The van der Waals surface area contributed by atoms with Crippen LogP contribution in [0.15, 0.2) is 41.6 Å². The molecule has 0 atom stereocenters. The number of halogens is 2. The second-order valence-corrected chi connectivity index (χ2v) is 8.85. The zero-order chi connectivity index (χ0) is 11.6. The average Bonchev–Trinajstić information content (AvgIpc) is 2.83. The van der Waals surface area contributed by atoms with Gasteiger partial charge in [0.05, 0.1) is 15.2 Å². The number of allylic oxidation sites excluding steroid dienone is 4. The first kappa shape index (κ1) is 21.3. The standard InChI is InChI=1S/C14H17OSi.2ClH.Ti/c1-15-13-10-6-7-11-14(13)16(2,3)12-8-4-5-9-12;;;/h4,6-8,10-11H,5H2,1-3H3;2*1H;/q-1;;;+3/p-2. The summed E-state index contributed by atoms with van der Waals surface area (Å²) in [7, 11) is 0.124. The maximum atomic E-state index is 5.46. The van der Waals surface area contributed by atoms with E-state index in [0.717, 1.165) is 12.2 Å². The van der Waals surface area contributed by atoms with Crippen LogP contribution in [0.3, 0.4) is 0 Å². The summed E-state index contributed by atoms with van der Waals surface area (Å²) in [6, 6.07) is 8.34. The summed E-state index contributed by atoms with van der Waals surface area (Å²) in [5, 5.41) is 2.74. The first-order valence-electron chi connectivity index (χ1n) is 5.57. The molecule has 2 rings (SSSR count). The van der Waals surface area contributed by atoms with E-state index in [2.05, 4.69) is 43.5 Å². The van der Waals surface area contributed by atoms with Crippen LogP contribution in [0.1, 0.15) is 6.42 Å². The number of methoxy groups -OCH3 is 1. The zero-order valence-electron chi connectivity index (χ0n) is 11.3. The molecule has 0 unspecified atom stereocenters. The topological polar surface area (TPSA) is 9.23 Å². The minimum Gasteiger partial charge on any atom is -1.00 e. The molecule has 0 bridgehead atoms. The summed E-state index contributed by atoms with van der Waals surface area (Å²) in [4.78, 5) is 0. The summed E-state index contributed by atoms with van der Waals surface area (Å²) in [5.41, 5.74) is 0. The molecule has 0 aliphatic heterocycles. The van der Waals surface area contributed by atoms with Gasteiger partial charge in [0.2, 0.25) is 0 Å². The normalized spacial score (nSPS) is 12.7. The molecule has 0 spiro atoms. The van der Waals surface area contributed by atoms with Crippen LogP contribution in [0.25, 0.3) is 0 Å². The summed E-state index contributed by atoms with van der Waals surface area (Å²) in [5.74, 6) is 1.01. The smallest absolute Gasteiger partial charge is 1.00 e. The van der Waals surface area contributed by atoms with Crippen LogP contribution in [0.5, 0.6) is 5.75 Å². The van der Waals surface area contributed by atoms with Gasteiger partial charge in [-0.15, -0.1) is 6.42 Å². The van der Waals surface area contributed by atoms with Gasteiger partial charge in [0.15, 0.2) is 0 Å². The molecule has 1 aromatic rings. The fourth-order valence-electron chi connectivity index (χ4n) is 2.14. The molecule has 1 aromatic carbocycles. The number of ether oxygens (including phenoxy) is 1. The van der Waals surface area contributed by atoms with Gasteiger partial charge in [0.1, 0.15) is 5.75 Å². The number of rotatable bonds is 3. The largest absolute Gasteiger partial charge is 3.00 e. The van der Waals surface area contributed by atoms with Crippen molar-refractivity contribution < 1.29 is 51.3 Å². The van der Waals surface area contributed by atoms with E-state index < -0.39 is 8.07 Å². The van der Waals surface area contributed by atoms with Crippen molar-refractivity contribution in [2.45, 2.75) is 19.5 Å². The molecule has 101 valence electrons. The molecule has 0 N–H and O–H groups in total. The van der Waals surface area contributed by atoms with E-state index in [9.17, 15) is 0 Å². The summed E-state index contributed by atoms with van der Waals surface area (Å²) in [6.07, 6.45) is 8.82. The Morgan fingerprint density at radius 1 is 1.16 bits per heavy atom. The Morgan fingerprint density at radius 3 is 2.32 bits per heavy atom. The molecule has 1 nitrogen and oxygen atoms in total. The number of benzene rings is 1. The van der Waals surface area contributed by atoms with Crippen LogP contribution in [0.2, 0.25) is 13.1 Å². The maximum Gasteiger partial charge on any atom is 3.00 e. The Kier molecular flexibility index (Phi) is 10.1. The van der Waals surface area contributed by atoms with Gasteiger partial charge in [-0.3, -0.25) is 6.08 Å². The minimum absolute atomic E-state index is 0. The summed E-state index contributed by atoms with van der Waals surface area (Å²) in [6.45, 7) is 4.70. The molecule has 1 aliphatic rings. The van der Waals surface area contributed by atoms with Crippen molar-refractivity contribution in [3.05, 3.63) is 47.7 Å². The molecule has 0 heterocycles. The Bertz CT molecular complexity index is 459. The van der Waals surface area contributed by atoms with Gasteiger partial charge in [0.25, 0.3) is 0 Å². The first-order chi connectivity index (χ1) is 7.66. The van der Waals surface area contributed by atoms with Gasteiger partial charge in [-0.05, 0) is 11.3 Å². The molecule has 0 saturated heterocycles. The van der Waals surface area contributed by atoms with Crippen molar-refractivity contribution in [2.24, 2.45) is 0 Å². The van der Waals surface area contributed by atoms with E-state index in [1.165, 1.54) is 10.4 Å². The molecular weight excluding hydrogens is 331 g/mol. The predicted molar refractivity (Wildman–Crippen MR) is 70.6 cm³/mol. The third-order valence-corrected chi connectivity index (χ3v) is 6.60. The van der Waals surface area contributed by atoms with Gasteiger partial charge in [-0.2, -0.15) is 6.08 Å². The molecule has 0 saturated carbocycles. The molecular formula is C14H17Cl2OSiTi. The van der Waals surface area contributed by atoms with Crippen molar-refractivity contribution in [3.8, 4) is 5.75 Å². The minimum atomic E-state index is -1.62. The van der Waals surface area contributed by atoms with Crippen molar-refractivity contribution in [1.29, 1.82) is 0 Å². The van der Waals surface area contributed by atoms with Gasteiger partial charge in [0, 0.05) is 0 Å². The fraction of sp³-hybridized carbons (Fsp3) is 0.286. The predicted octanol–water partition coefficient (Wildman–Crippen LogP) is -3.16.